The van der Waals surface area contributed by atoms with E-state index in [-0.39, 0.29) is 54.9 Å². The van der Waals surface area contributed by atoms with Crippen LogP contribution in [-0.4, -0.2) is 61.3 Å². The van der Waals surface area contributed by atoms with Gasteiger partial charge in [-0.05, 0) is 79.6 Å². The largest absolute Gasteiger partial charge is 0.416 e. The summed E-state index contributed by atoms with van der Waals surface area (Å²) in [6.07, 6.45) is -8.38. The van der Waals surface area contributed by atoms with Crippen molar-refractivity contribution in [1.82, 2.24) is 15.1 Å². The van der Waals surface area contributed by atoms with Crippen LogP contribution in [0.1, 0.15) is 53.1 Å². The highest BCUT2D eigenvalue weighted by Gasteiger charge is 2.38. The fourth-order valence-corrected chi connectivity index (χ4v) is 5.52. The number of piperidine rings is 1. The number of urea groups is 1. The lowest BCUT2D eigenvalue weighted by Gasteiger charge is -2.45. The third-order valence-corrected chi connectivity index (χ3v) is 7.55. The zero-order chi connectivity index (χ0) is 29.1. The van der Waals surface area contributed by atoms with Gasteiger partial charge in [0, 0.05) is 32.2 Å². The summed E-state index contributed by atoms with van der Waals surface area (Å²) >= 11 is 0. The number of likely N-dealkylation sites (tertiary alicyclic amines) is 1. The number of alkyl halides is 6. The van der Waals surface area contributed by atoms with E-state index >= 15 is 0 Å². The topological polar surface area (TPSA) is 44.8 Å². The van der Waals surface area contributed by atoms with E-state index in [2.05, 4.69) is 10.2 Å². The lowest BCUT2D eigenvalue weighted by atomic mass is 9.88. The fourth-order valence-electron chi connectivity index (χ4n) is 5.52. The van der Waals surface area contributed by atoms with Gasteiger partial charge in [0.15, 0.2) is 0 Å². The number of aryl methyl sites for hydroxylation is 2. The molecule has 1 unspecified atom stereocenters. The molecule has 0 aromatic heterocycles. The first-order valence-electron chi connectivity index (χ1n) is 13.2. The Morgan fingerprint density at radius 2 is 1.62 bits per heavy atom. The van der Waals surface area contributed by atoms with Crippen molar-refractivity contribution in [2.75, 3.05) is 39.4 Å². The fraction of sp³-hybridized carbons (Fsp3) is 0.536. The standard InChI is InChI=1S/C28H32F7N3O2/c1-18-13-22(29)4-5-24(18)25-17-23(37-9-11-40-12-10-37)6-8-38(25)26(39)36-7-2-3-19-14-20(27(30,31)32)16-21(15-19)28(33,34)35/h4-5,13-16,23,25H,2-3,6-12,17H2,1H3,(H,36,39)/t23?,25-/m0/s1. The van der Waals surface area contributed by atoms with E-state index in [0.717, 1.165) is 30.6 Å². The molecule has 220 valence electrons. The normalized spacial score (nSPS) is 20.9. The number of rotatable bonds is 6. The highest BCUT2D eigenvalue weighted by atomic mass is 19.4. The van der Waals surface area contributed by atoms with E-state index in [9.17, 15) is 35.5 Å². The molecule has 2 atom stereocenters. The van der Waals surface area contributed by atoms with Crippen LogP contribution in [0.4, 0.5) is 35.5 Å². The first kappa shape index (κ1) is 30.1. The summed E-state index contributed by atoms with van der Waals surface area (Å²) in [5, 5.41) is 2.77. The monoisotopic (exact) mass is 575 g/mol. The van der Waals surface area contributed by atoms with Crippen LogP contribution in [0, 0.1) is 12.7 Å². The molecule has 40 heavy (non-hydrogen) atoms. The molecule has 2 aliphatic rings. The number of amides is 2. The lowest BCUT2D eigenvalue weighted by Crippen LogP contribution is -2.53. The van der Waals surface area contributed by atoms with Crippen molar-refractivity contribution in [1.29, 1.82) is 0 Å². The van der Waals surface area contributed by atoms with Crippen LogP contribution in [0.2, 0.25) is 0 Å². The molecule has 1 N–H and O–H groups in total. The number of halogens is 7. The van der Waals surface area contributed by atoms with E-state index < -0.39 is 23.5 Å². The van der Waals surface area contributed by atoms with Crippen molar-refractivity contribution >= 4 is 6.03 Å². The molecule has 0 bridgehead atoms. The summed E-state index contributed by atoms with van der Waals surface area (Å²) in [6, 6.07) is 5.50. The molecule has 4 rings (SSSR count). The minimum atomic E-state index is -4.91. The molecular formula is C28H32F7N3O2. The molecular weight excluding hydrogens is 543 g/mol. The number of ether oxygens (including phenoxy) is 1. The van der Waals surface area contributed by atoms with Crippen molar-refractivity contribution in [3.8, 4) is 0 Å². The number of hydrogen-bond donors (Lipinski definition) is 1. The highest BCUT2D eigenvalue weighted by molar-refractivity contribution is 5.75. The molecule has 2 aliphatic heterocycles. The number of nitrogens with one attached hydrogen (secondary N) is 1. The van der Waals surface area contributed by atoms with Gasteiger partial charge in [-0.3, -0.25) is 4.90 Å². The van der Waals surface area contributed by atoms with Crippen molar-refractivity contribution in [2.24, 2.45) is 0 Å². The summed E-state index contributed by atoms with van der Waals surface area (Å²) in [5.41, 5.74) is -1.28. The smallest absolute Gasteiger partial charge is 0.379 e. The molecule has 2 aromatic carbocycles. The highest BCUT2D eigenvalue weighted by Crippen LogP contribution is 2.37. The van der Waals surface area contributed by atoms with Gasteiger partial charge in [-0.15, -0.1) is 0 Å². The Balaban J connectivity index is 1.42. The van der Waals surface area contributed by atoms with Gasteiger partial charge in [-0.25, -0.2) is 9.18 Å². The second kappa shape index (κ2) is 12.3. The predicted octanol–water partition coefficient (Wildman–Crippen LogP) is 6.35. The van der Waals surface area contributed by atoms with Gasteiger partial charge < -0.3 is 15.0 Å². The maximum Gasteiger partial charge on any atom is 0.416 e. The van der Waals surface area contributed by atoms with Gasteiger partial charge in [-0.2, -0.15) is 26.3 Å². The third-order valence-electron chi connectivity index (χ3n) is 7.55. The zero-order valence-corrected chi connectivity index (χ0v) is 22.0. The van der Waals surface area contributed by atoms with Crippen LogP contribution in [0.25, 0.3) is 0 Å². The Hall–Kier alpha value is -2.86. The van der Waals surface area contributed by atoms with Crippen LogP contribution in [0.3, 0.4) is 0 Å². The third kappa shape index (κ3) is 7.45. The quantitative estimate of drug-likeness (QED) is 0.323. The number of carbonyl (C=O) groups excluding carboxylic acids is 1. The van der Waals surface area contributed by atoms with Crippen LogP contribution < -0.4 is 5.32 Å². The second-order valence-corrected chi connectivity index (χ2v) is 10.3. The Kier molecular flexibility index (Phi) is 9.29. The predicted molar refractivity (Wildman–Crippen MR) is 134 cm³/mol. The Morgan fingerprint density at radius 3 is 2.23 bits per heavy atom. The van der Waals surface area contributed by atoms with E-state index in [0.29, 0.717) is 38.3 Å². The molecule has 2 heterocycles. The number of hydrogen-bond acceptors (Lipinski definition) is 3. The molecule has 2 aromatic rings. The van der Waals surface area contributed by atoms with Crippen LogP contribution in [-0.2, 0) is 23.5 Å². The van der Waals surface area contributed by atoms with Gasteiger partial charge >= 0.3 is 18.4 Å². The number of benzene rings is 2. The van der Waals surface area contributed by atoms with Crippen molar-refractivity contribution in [3.63, 3.8) is 0 Å². The minimum Gasteiger partial charge on any atom is -0.379 e. The number of morpholine rings is 1. The van der Waals surface area contributed by atoms with Gasteiger partial charge in [0.2, 0.25) is 0 Å². The van der Waals surface area contributed by atoms with E-state index in [4.69, 9.17) is 4.74 Å². The van der Waals surface area contributed by atoms with Crippen LogP contribution >= 0.6 is 0 Å². The first-order chi connectivity index (χ1) is 18.8. The SMILES string of the molecule is Cc1cc(F)ccc1[C@@H]1CC(N2CCOCC2)CCN1C(=O)NCCCc1cc(C(F)(F)F)cc(C(F)(F)F)c1. The summed E-state index contributed by atoms with van der Waals surface area (Å²) in [7, 11) is 0. The van der Waals surface area contributed by atoms with Gasteiger partial charge in [0.25, 0.3) is 0 Å². The van der Waals surface area contributed by atoms with Crippen LogP contribution in [0.15, 0.2) is 36.4 Å². The summed E-state index contributed by atoms with van der Waals surface area (Å²) in [6.45, 7) is 5.15. The molecule has 0 spiro atoms. The molecule has 2 fully saturated rings. The zero-order valence-electron chi connectivity index (χ0n) is 22.0. The van der Waals surface area contributed by atoms with Crippen molar-refractivity contribution in [3.05, 3.63) is 70.0 Å². The van der Waals surface area contributed by atoms with Gasteiger partial charge in [-0.1, -0.05) is 6.07 Å². The number of nitrogens with zero attached hydrogens (tertiary/aromatic N) is 2. The molecule has 5 nitrogen and oxygen atoms in total. The maximum absolute atomic E-state index is 13.8. The Labute approximate surface area is 228 Å². The summed E-state index contributed by atoms with van der Waals surface area (Å²) in [4.78, 5) is 17.3. The van der Waals surface area contributed by atoms with E-state index in [1.807, 2.05) is 0 Å². The summed E-state index contributed by atoms with van der Waals surface area (Å²) in [5.74, 6) is -0.374. The van der Waals surface area contributed by atoms with E-state index in [1.165, 1.54) is 12.1 Å². The molecule has 12 heteroatoms. The van der Waals surface area contributed by atoms with Crippen LogP contribution in [0.5, 0.6) is 0 Å². The molecule has 0 aliphatic carbocycles. The second-order valence-electron chi connectivity index (χ2n) is 10.3. The molecule has 2 saturated heterocycles. The molecule has 0 saturated carbocycles. The molecule has 0 radical (unpaired) electrons. The van der Waals surface area contributed by atoms with E-state index in [1.54, 1.807) is 17.9 Å². The molecule has 2 amide bonds. The average Bonchev–Trinajstić information content (AvgIpc) is 2.90. The van der Waals surface area contributed by atoms with Gasteiger partial charge in [0.05, 0.1) is 30.4 Å². The minimum absolute atomic E-state index is 0.0644. The first-order valence-corrected chi connectivity index (χ1v) is 13.2. The average molecular weight is 576 g/mol. The van der Waals surface area contributed by atoms with Crippen molar-refractivity contribution in [2.45, 2.75) is 57.0 Å². The summed E-state index contributed by atoms with van der Waals surface area (Å²) < 4.78 is 98.2. The number of carbonyl (C=O) groups is 1. The Morgan fingerprint density at radius 1 is 0.975 bits per heavy atom. The lowest BCUT2D eigenvalue weighted by molar-refractivity contribution is -0.143. The van der Waals surface area contributed by atoms with Crippen molar-refractivity contribution < 1.29 is 40.3 Å². The maximum atomic E-state index is 13.8. The van der Waals surface area contributed by atoms with Gasteiger partial charge in [0.1, 0.15) is 5.82 Å². The Bertz CT molecular complexity index is 1150.